The first-order valence-corrected chi connectivity index (χ1v) is 6.63. The standard InChI is InChI=1S/C15H25NO/c1-4-9-16-13(3)10-12(2)11-14-5-7-15(17)8-6-14/h5-8,12-13,16-17H,4,9-11H2,1-3H3. The molecule has 2 atom stereocenters. The molecule has 1 aromatic carbocycles. The monoisotopic (exact) mass is 235 g/mol. The van der Waals surface area contributed by atoms with Crippen molar-refractivity contribution in [2.75, 3.05) is 6.54 Å². The Bertz CT molecular complexity index is 307. The predicted molar refractivity (Wildman–Crippen MR) is 73.3 cm³/mol. The Morgan fingerprint density at radius 1 is 1.18 bits per heavy atom. The molecule has 0 saturated carbocycles. The summed E-state index contributed by atoms with van der Waals surface area (Å²) in [5.74, 6) is 1.01. The Hall–Kier alpha value is -1.02. The summed E-state index contributed by atoms with van der Waals surface area (Å²) in [6, 6.07) is 8.13. The maximum atomic E-state index is 9.22. The lowest BCUT2D eigenvalue weighted by Crippen LogP contribution is -2.28. The van der Waals surface area contributed by atoms with Crippen molar-refractivity contribution in [3.8, 4) is 5.75 Å². The van der Waals surface area contributed by atoms with Gasteiger partial charge in [0.05, 0.1) is 0 Å². The number of benzene rings is 1. The molecule has 2 nitrogen and oxygen atoms in total. The lowest BCUT2D eigenvalue weighted by Gasteiger charge is -2.18. The molecule has 2 N–H and O–H groups in total. The molecule has 0 fully saturated rings. The van der Waals surface area contributed by atoms with Crippen molar-refractivity contribution < 1.29 is 5.11 Å². The van der Waals surface area contributed by atoms with Crippen LogP contribution >= 0.6 is 0 Å². The van der Waals surface area contributed by atoms with Gasteiger partial charge in [-0.25, -0.2) is 0 Å². The summed E-state index contributed by atoms with van der Waals surface area (Å²) in [6.07, 6.45) is 3.47. The number of hydrogen-bond acceptors (Lipinski definition) is 2. The smallest absolute Gasteiger partial charge is 0.115 e. The Morgan fingerprint density at radius 2 is 1.82 bits per heavy atom. The quantitative estimate of drug-likeness (QED) is 0.759. The van der Waals surface area contributed by atoms with Gasteiger partial charge >= 0.3 is 0 Å². The van der Waals surface area contributed by atoms with Gasteiger partial charge in [-0.05, 0) is 56.3 Å². The van der Waals surface area contributed by atoms with Crippen LogP contribution in [0.1, 0.15) is 39.2 Å². The minimum absolute atomic E-state index is 0.347. The molecule has 96 valence electrons. The number of phenolic OH excluding ortho intramolecular Hbond substituents is 1. The first kappa shape index (κ1) is 14.0. The number of phenols is 1. The van der Waals surface area contributed by atoms with Crippen molar-refractivity contribution in [2.24, 2.45) is 5.92 Å². The third kappa shape index (κ3) is 5.73. The van der Waals surface area contributed by atoms with Crippen molar-refractivity contribution in [1.29, 1.82) is 0 Å². The van der Waals surface area contributed by atoms with Crippen LogP contribution in [0.15, 0.2) is 24.3 Å². The number of aromatic hydroxyl groups is 1. The van der Waals surface area contributed by atoms with E-state index in [1.54, 1.807) is 12.1 Å². The van der Waals surface area contributed by atoms with Crippen LogP contribution in [0.2, 0.25) is 0 Å². The Labute approximate surface area is 105 Å². The number of nitrogens with one attached hydrogen (secondary N) is 1. The lowest BCUT2D eigenvalue weighted by molar-refractivity contribution is 0.419. The van der Waals surface area contributed by atoms with Crippen LogP contribution in [0.4, 0.5) is 0 Å². The largest absolute Gasteiger partial charge is 0.508 e. The molecule has 2 unspecified atom stereocenters. The Kier molecular flexibility index (Phi) is 6.06. The van der Waals surface area contributed by atoms with Gasteiger partial charge in [-0.15, -0.1) is 0 Å². The molecule has 1 rings (SSSR count). The van der Waals surface area contributed by atoms with Crippen LogP contribution in [-0.2, 0) is 6.42 Å². The molecule has 0 aliphatic rings. The first-order chi connectivity index (χ1) is 8.11. The third-order valence-electron chi connectivity index (χ3n) is 3.02. The second kappa shape index (κ2) is 7.33. The second-order valence-corrected chi connectivity index (χ2v) is 5.07. The van der Waals surface area contributed by atoms with Crippen LogP contribution in [0, 0.1) is 5.92 Å². The van der Waals surface area contributed by atoms with E-state index in [9.17, 15) is 5.11 Å². The lowest BCUT2D eigenvalue weighted by atomic mass is 9.95. The minimum Gasteiger partial charge on any atom is -0.508 e. The molecule has 0 aliphatic heterocycles. The van der Waals surface area contributed by atoms with Crippen LogP contribution in [0.25, 0.3) is 0 Å². The maximum absolute atomic E-state index is 9.22. The summed E-state index contributed by atoms with van der Waals surface area (Å²) in [7, 11) is 0. The second-order valence-electron chi connectivity index (χ2n) is 5.07. The third-order valence-corrected chi connectivity index (χ3v) is 3.02. The van der Waals surface area contributed by atoms with E-state index in [-0.39, 0.29) is 0 Å². The summed E-state index contributed by atoms with van der Waals surface area (Å²) >= 11 is 0. The fourth-order valence-corrected chi connectivity index (χ4v) is 2.20. The molecule has 17 heavy (non-hydrogen) atoms. The summed E-state index contributed by atoms with van der Waals surface area (Å²) < 4.78 is 0. The minimum atomic E-state index is 0.347. The molecule has 0 heterocycles. The molecule has 0 aliphatic carbocycles. The van der Waals surface area contributed by atoms with Crippen molar-refractivity contribution >= 4 is 0 Å². The van der Waals surface area contributed by atoms with Gasteiger partial charge in [0.1, 0.15) is 5.75 Å². The van der Waals surface area contributed by atoms with E-state index in [1.165, 1.54) is 18.4 Å². The molecular weight excluding hydrogens is 210 g/mol. The molecule has 0 spiro atoms. The highest BCUT2D eigenvalue weighted by Crippen LogP contribution is 2.16. The van der Waals surface area contributed by atoms with E-state index in [0.717, 1.165) is 13.0 Å². The van der Waals surface area contributed by atoms with E-state index in [1.807, 2.05) is 12.1 Å². The fraction of sp³-hybridized carbons (Fsp3) is 0.600. The average molecular weight is 235 g/mol. The van der Waals surface area contributed by atoms with Gasteiger partial charge in [0, 0.05) is 6.04 Å². The highest BCUT2D eigenvalue weighted by atomic mass is 16.3. The van der Waals surface area contributed by atoms with Crippen LogP contribution in [0.3, 0.4) is 0 Å². The normalized spacial score (nSPS) is 14.5. The molecule has 2 heteroatoms. The van der Waals surface area contributed by atoms with Crippen molar-refractivity contribution in [3.05, 3.63) is 29.8 Å². The molecule has 0 amide bonds. The number of rotatable bonds is 7. The highest BCUT2D eigenvalue weighted by Gasteiger charge is 2.08. The first-order valence-electron chi connectivity index (χ1n) is 6.63. The summed E-state index contributed by atoms with van der Waals surface area (Å²) in [6.45, 7) is 7.84. The molecule has 0 saturated heterocycles. The predicted octanol–water partition coefficient (Wildman–Crippen LogP) is 3.35. The summed E-state index contributed by atoms with van der Waals surface area (Å²) in [5.41, 5.74) is 1.30. The van der Waals surface area contributed by atoms with Gasteiger partial charge < -0.3 is 10.4 Å². The molecule has 0 aromatic heterocycles. The number of hydrogen-bond donors (Lipinski definition) is 2. The van der Waals surface area contributed by atoms with Crippen LogP contribution < -0.4 is 5.32 Å². The summed E-state index contributed by atoms with van der Waals surface area (Å²) in [5, 5.41) is 12.7. The van der Waals surface area contributed by atoms with E-state index >= 15 is 0 Å². The van der Waals surface area contributed by atoms with Gasteiger partial charge in [-0.1, -0.05) is 26.0 Å². The maximum Gasteiger partial charge on any atom is 0.115 e. The Balaban J connectivity index is 2.33. The zero-order valence-corrected chi connectivity index (χ0v) is 11.2. The van der Waals surface area contributed by atoms with Crippen molar-refractivity contribution in [3.63, 3.8) is 0 Å². The van der Waals surface area contributed by atoms with Crippen molar-refractivity contribution in [2.45, 2.75) is 46.1 Å². The van der Waals surface area contributed by atoms with Gasteiger partial charge in [-0.3, -0.25) is 0 Å². The van der Waals surface area contributed by atoms with E-state index in [4.69, 9.17) is 0 Å². The summed E-state index contributed by atoms with van der Waals surface area (Å²) in [4.78, 5) is 0. The van der Waals surface area contributed by atoms with E-state index in [0.29, 0.717) is 17.7 Å². The van der Waals surface area contributed by atoms with Crippen LogP contribution in [-0.4, -0.2) is 17.7 Å². The molecule has 1 aromatic rings. The van der Waals surface area contributed by atoms with Crippen molar-refractivity contribution in [1.82, 2.24) is 5.32 Å². The Morgan fingerprint density at radius 3 is 2.41 bits per heavy atom. The SMILES string of the molecule is CCCNC(C)CC(C)Cc1ccc(O)cc1. The zero-order chi connectivity index (χ0) is 12.7. The van der Waals surface area contributed by atoms with Gasteiger partial charge in [-0.2, -0.15) is 0 Å². The van der Waals surface area contributed by atoms with Crippen LogP contribution in [0.5, 0.6) is 5.75 Å². The van der Waals surface area contributed by atoms with Gasteiger partial charge in [0.2, 0.25) is 0 Å². The fourth-order valence-electron chi connectivity index (χ4n) is 2.20. The average Bonchev–Trinajstić information content (AvgIpc) is 2.29. The van der Waals surface area contributed by atoms with E-state index < -0.39 is 0 Å². The highest BCUT2D eigenvalue weighted by molar-refractivity contribution is 5.26. The zero-order valence-electron chi connectivity index (χ0n) is 11.2. The van der Waals surface area contributed by atoms with Gasteiger partial charge in [0.15, 0.2) is 0 Å². The van der Waals surface area contributed by atoms with Gasteiger partial charge in [0.25, 0.3) is 0 Å². The topological polar surface area (TPSA) is 32.3 Å². The molecule has 0 bridgehead atoms. The molecular formula is C15H25NO. The molecule has 0 radical (unpaired) electrons. The van der Waals surface area contributed by atoms with E-state index in [2.05, 4.69) is 26.1 Å².